The Morgan fingerprint density at radius 2 is 2.05 bits per heavy atom. The van der Waals surface area contributed by atoms with Gasteiger partial charge in [-0.15, -0.1) is 0 Å². The summed E-state index contributed by atoms with van der Waals surface area (Å²) in [5.41, 5.74) is 0.603. The van der Waals surface area contributed by atoms with Gasteiger partial charge in [-0.3, -0.25) is 5.32 Å². The summed E-state index contributed by atoms with van der Waals surface area (Å²) in [6.07, 6.45) is 3.28. The molecule has 1 unspecified atom stereocenters. The first-order valence-electron chi connectivity index (χ1n) is 7.48. The minimum Gasteiger partial charge on any atom is -0.293 e. The molecular weight excluding hydrogens is 264 g/mol. The molecule has 3 heteroatoms. The average Bonchev–Trinajstić information content (AvgIpc) is 3.27. The first kappa shape index (κ1) is 15.4. The molecule has 1 fully saturated rings. The highest BCUT2D eigenvalue weighted by atomic mass is 32.2. The van der Waals surface area contributed by atoms with Crippen LogP contribution in [0.2, 0.25) is 0 Å². The van der Waals surface area contributed by atoms with Gasteiger partial charge in [-0.05, 0) is 42.2 Å². The van der Waals surface area contributed by atoms with Crippen molar-refractivity contribution in [3.8, 4) is 6.07 Å². The standard InChI is InChI=1S/C17H24N2S/c1-14(2)12-20-11-10-17(13-18,19-16-8-9-16)15-6-4-3-5-7-15/h3-7,14,16,19H,8-12H2,1-2H3. The van der Waals surface area contributed by atoms with Crippen molar-refractivity contribution < 1.29 is 0 Å². The lowest BCUT2D eigenvalue weighted by atomic mass is 9.88. The minimum absolute atomic E-state index is 0.508. The van der Waals surface area contributed by atoms with Crippen LogP contribution in [0.5, 0.6) is 0 Å². The Labute approximate surface area is 127 Å². The monoisotopic (exact) mass is 288 g/mol. The van der Waals surface area contributed by atoms with Crippen LogP contribution in [0.25, 0.3) is 0 Å². The van der Waals surface area contributed by atoms with E-state index in [-0.39, 0.29) is 0 Å². The van der Waals surface area contributed by atoms with Gasteiger partial charge in [-0.25, -0.2) is 0 Å². The molecule has 1 aliphatic rings. The summed E-state index contributed by atoms with van der Waals surface area (Å²) in [4.78, 5) is 0. The highest BCUT2D eigenvalue weighted by Gasteiger charge is 2.37. The van der Waals surface area contributed by atoms with Crippen molar-refractivity contribution in [2.24, 2.45) is 5.92 Å². The fourth-order valence-corrected chi connectivity index (χ4v) is 3.38. The topological polar surface area (TPSA) is 35.8 Å². The highest BCUT2D eigenvalue weighted by molar-refractivity contribution is 7.99. The molecule has 0 bridgehead atoms. The Kier molecular flexibility index (Phi) is 5.51. The largest absolute Gasteiger partial charge is 0.293 e. The maximum absolute atomic E-state index is 9.79. The van der Waals surface area contributed by atoms with Crippen molar-refractivity contribution >= 4 is 11.8 Å². The number of hydrogen-bond acceptors (Lipinski definition) is 3. The Balaban J connectivity index is 2.05. The zero-order chi connectivity index (χ0) is 14.4. The van der Waals surface area contributed by atoms with Crippen LogP contribution in [0.1, 0.15) is 38.7 Å². The van der Waals surface area contributed by atoms with Crippen LogP contribution >= 0.6 is 11.8 Å². The molecule has 0 aliphatic heterocycles. The van der Waals surface area contributed by atoms with E-state index in [9.17, 15) is 5.26 Å². The summed E-state index contributed by atoms with van der Waals surface area (Å²) in [6.45, 7) is 4.48. The maximum atomic E-state index is 9.79. The summed E-state index contributed by atoms with van der Waals surface area (Å²) in [7, 11) is 0. The van der Waals surface area contributed by atoms with Gasteiger partial charge in [0.15, 0.2) is 0 Å². The molecule has 1 aromatic carbocycles. The van der Waals surface area contributed by atoms with Gasteiger partial charge < -0.3 is 0 Å². The van der Waals surface area contributed by atoms with Gasteiger partial charge in [0.2, 0.25) is 0 Å². The predicted octanol–water partition coefficient (Wildman–Crippen LogP) is 3.94. The van der Waals surface area contributed by atoms with E-state index in [2.05, 4.69) is 37.4 Å². The molecule has 1 N–H and O–H groups in total. The number of nitrogens with one attached hydrogen (secondary N) is 1. The number of rotatable bonds is 8. The molecule has 20 heavy (non-hydrogen) atoms. The van der Waals surface area contributed by atoms with Crippen molar-refractivity contribution in [2.75, 3.05) is 11.5 Å². The Morgan fingerprint density at radius 1 is 1.35 bits per heavy atom. The summed E-state index contributed by atoms with van der Waals surface area (Å²) >= 11 is 1.95. The minimum atomic E-state index is -0.508. The van der Waals surface area contributed by atoms with Crippen LogP contribution in [-0.2, 0) is 5.54 Å². The van der Waals surface area contributed by atoms with Gasteiger partial charge >= 0.3 is 0 Å². The van der Waals surface area contributed by atoms with Gasteiger partial charge in [0.05, 0.1) is 6.07 Å². The molecule has 1 saturated carbocycles. The quantitative estimate of drug-likeness (QED) is 0.736. The third-order valence-corrected chi connectivity index (χ3v) is 4.95. The van der Waals surface area contributed by atoms with Gasteiger partial charge in [0, 0.05) is 6.04 Å². The lowest BCUT2D eigenvalue weighted by Crippen LogP contribution is -2.43. The molecule has 1 atom stereocenters. The van der Waals surface area contributed by atoms with E-state index in [0.29, 0.717) is 12.0 Å². The van der Waals surface area contributed by atoms with Gasteiger partial charge in [0.1, 0.15) is 5.54 Å². The SMILES string of the molecule is CC(C)CSCCC(C#N)(NC1CC1)c1ccccc1. The molecule has 0 saturated heterocycles. The van der Waals surface area contributed by atoms with E-state index in [1.165, 1.54) is 18.6 Å². The van der Waals surface area contributed by atoms with Gasteiger partial charge in [-0.2, -0.15) is 17.0 Å². The molecule has 0 radical (unpaired) electrons. The van der Waals surface area contributed by atoms with Crippen molar-refractivity contribution in [3.05, 3.63) is 35.9 Å². The summed E-state index contributed by atoms with van der Waals surface area (Å²) < 4.78 is 0. The van der Waals surface area contributed by atoms with Gasteiger partial charge in [0.25, 0.3) is 0 Å². The van der Waals surface area contributed by atoms with Gasteiger partial charge in [-0.1, -0.05) is 44.2 Å². The molecule has 0 amide bonds. The molecule has 0 spiro atoms. The van der Waals surface area contributed by atoms with Crippen LogP contribution in [0.3, 0.4) is 0 Å². The van der Waals surface area contributed by atoms with Crippen LogP contribution in [-0.4, -0.2) is 17.5 Å². The molecule has 2 nitrogen and oxygen atoms in total. The zero-order valence-corrected chi connectivity index (χ0v) is 13.2. The number of hydrogen-bond donors (Lipinski definition) is 1. The number of nitrogens with zero attached hydrogens (tertiary/aromatic N) is 1. The third-order valence-electron chi connectivity index (χ3n) is 3.56. The Morgan fingerprint density at radius 3 is 2.60 bits per heavy atom. The molecule has 108 valence electrons. The van der Waals surface area contributed by atoms with Crippen molar-refractivity contribution in [3.63, 3.8) is 0 Å². The maximum Gasteiger partial charge on any atom is 0.133 e. The lowest BCUT2D eigenvalue weighted by molar-refractivity contribution is 0.412. The highest BCUT2D eigenvalue weighted by Crippen LogP contribution is 2.32. The summed E-state index contributed by atoms with van der Waals surface area (Å²) in [6, 6.07) is 13.3. The Bertz CT molecular complexity index is 448. The first-order chi connectivity index (χ1) is 9.66. The average molecular weight is 288 g/mol. The molecule has 0 heterocycles. The summed E-state index contributed by atoms with van der Waals surface area (Å²) in [5.74, 6) is 2.91. The zero-order valence-electron chi connectivity index (χ0n) is 12.4. The van der Waals surface area contributed by atoms with E-state index in [1.807, 2.05) is 30.0 Å². The van der Waals surface area contributed by atoms with Crippen molar-refractivity contribution in [1.82, 2.24) is 5.32 Å². The smallest absolute Gasteiger partial charge is 0.133 e. The second-order valence-electron chi connectivity index (χ2n) is 6.02. The second kappa shape index (κ2) is 7.15. The molecular formula is C17H24N2S. The fourth-order valence-electron chi connectivity index (χ4n) is 2.30. The normalized spacial score (nSPS) is 17.7. The van der Waals surface area contributed by atoms with E-state index in [4.69, 9.17) is 0 Å². The van der Waals surface area contributed by atoms with E-state index < -0.39 is 5.54 Å². The number of nitriles is 1. The van der Waals surface area contributed by atoms with E-state index in [1.54, 1.807) is 0 Å². The fraction of sp³-hybridized carbons (Fsp3) is 0.588. The molecule has 2 rings (SSSR count). The van der Waals surface area contributed by atoms with Crippen molar-refractivity contribution in [1.29, 1.82) is 5.26 Å². The van der Waals surface area contributed by atoms with Crippen LogP contribution in [0.15, 0.2) is 30.3 Å². The van der Waals surface area contributed by atoms with E-state index in [0.717, 1.165) is 17.7 Å². The van der Waals surface area contributed by atoms with E-state index >= 15 is 0 Å². The van der Waals surface area contributed by atoms with Crippen LogP contribution in [0.4, 0.5) is 0 Å². The number of thioether (sulfide) groups is 1. The molecule has 1 aliphatic carbocycles. The number of benzene rings is 1. The van der Waals surface area contributed by atoms with Crippen LogP contribution in [0, 0.1) is 17.2 Å². The lowest BCUT2D eigenvalue weighted by Gasteiger charge is -2.29. The second-order valence-corrected chi connectivity index (χ2v) is 7.17. The molecule has 1 aromatic rings. The Hall–Kier alpha value is -0.980. The molecule has 0 aromatic heterocycles. The predicted molar refractivity (Wildman–Crippen MR) is 86.7 cm³/mol. The third kappa shape index (κ3) is 4.26. The van der Waals surface area contributed by atoms with Crippen LogP contribution < -0.4 is 5.32 Å². The summed E-state index contributed by atoms with van der Waals surface area (Å²) in [5, 5.41) is 13.4. The first-order valence-corrected chi connectivity index (χ1v) is 8.64. The van der Waals surface area contributed by atoms with Crippen molar-refractivity contribution in [2.45, 2.75) is 44.7 Å².